The second-order valence-electron chi connectivity index (χ2n) is 8.46. The molecule has 2 aliphatic rings. The smallest absolute Gasteiger partial charge is 0.425 e. The Morgan fingerprint density at radius 2 is 1.55 bits per heavy atom. The number of nitrogens with zero attached hydrogens (tertiary/aromatic N) is 3. The van der Waals surface area contributed by atoms with Crippen LogP contribution in [0.3, 0.4) is 0 Å². The first-order valence-corrected chi connectivity index (χ1v) is 11.0. The molecule has 0 saturated carbocycles. The van der Waals surface area contributed by atoms with Gasteiger partial charge in [0.05, 0.1) is 28.9 Å². The van der Waals surface area contributed by atoms with Crippen LogP contribution in [0.2, 0.25) is 0 Å². The number of pyridine rings is 1. The van der Waals surface area contributed by atoms with Crippen molar-refractivity contribution in [2.75, 3.05) is 9.62 Å². The van der Waals surface area contributed by atoms with Crippen molar-refractivity contribution >= 4 is 57.3 Å². The molecule has 0 bridgehead atoms. The lowest BCUT2D eigenvalue weighted by molar-refractivity contribution is 0.577. The van der Waals surface area contributed by atoms with Gasteiger partial charge in [-0.1, -0.05) is 36.4 Å². The van der Waals surface area contributed by atoms with E-state index in [1.54, 1.807) is 6.26 Å². The molecule has 3 aromatic carbocycles. The average molecular weight is 425 g/mol. The zero-order chi connectivity index (χ0) is 21.5. The van der Waals surface area contributed by atoms with Crippen molar-refractivity contribution in [1.29, 1.82) is 0 Å². The molecule has 8 rings (SSSR count). The number of fused-ring (bicyclic) bond motifs is 11. The maximum atomic E-state index is 6.08. The second-order valence-corrected chi connectivity index (χ2v) is 8.46. The van der Waals surface area contributed by atoms with Gasteiger partial charge in [0.1, 0.15) is 11.2 Å². The van der Waals surface area contributed by atoms with E-state index in [-0.39, 0.29) is 6.98 Å². The molecule has 0 saturated heterocycles. The lowest BCUT2D eigenvalue weighted by Gasteiger charge is -2.33. The zero-order valence-electron chi connectivity index (χ0n) is 17.5. The maximum absolute atomic E-state index is 6.08. The Labute approximate surface area is 189 Å². The molecule has 33 heavy (non-hydrogen) atoms. The Morgan fingerprint density at radius 3 is 2.48 bits per heavy atom. The van der Waals surface area contributed by atoms with Crippen LogP contribution in [0.25, 0.3) is 33.2 Å². The van der Waals surface area contributed by atoms with Crippen LogP contribution in [-0.4, -0.2) is 12.0 Å². The van der Waals surface area contributed by atoms with Crippen molar-refractivity contribution in [3.05, 3.63) is 97.4 Å². The van der Waals surface area contributed by atoms with Crippen LogP contribution in [0, 0.1) is 0 Å². The van der Waals surface area contributed by atoms with Crippen molar-refractivity contribution in [1.82, 2.24) is 4.98 Å². The number of anilines is 4. The van der Waals surface area contributed by atoms with Crippen molar-refractivity contribution in [2.45, 2.75) is 0 Å². The van der Waals surface area contributed by atoms with Crippen LogP contribution in [0.1, 0.15) is 0 Å². The molecule has 0 fully saturated rings. The predicted molar refractivity (Wildman–Crippen MR) is 132 cm³/mol. The van der Waals surface area contributed by atoms with Crippen LogP contribution in [0.15, 0.2) is 106 Å². The van der Waals surface area contributed by atoms with Crippen LogP contribution in [-0.2, 0) is 0 Å². The summed E-state index contributed by atoms with van der Waals surface area (Å²) in [5.74, 6) is 0.830. The Bertz CT molecular complexity index is 1720. The van der Waals surface area contributed by atoms with Crippen LogP contribution >= 0.6 is 0 Å². The molecule has 0 N–H and O–H groups in total. The molecule has 6 heteroatoms. The summed E-state index contributed by atoms with van der Waals surface area (Å²) in [6.07, 6.45) is 3.60. The van der Waals surface area contributed by atoms with Crippen LogP contribution in [0.4, 0.5) is 22.9 Å². The van der Waals surface area contributed by atoms with Crippen molar-refractivity contribution < 1.29 is 8.83 Å². The molecule has 0 spiro atoms. The molecule has 0 radical (unpaired) electrons. The predicted octanol–water partition coefficient (Wildman–Crippen LogP) is 6.24. The highest BCUT2D eigenvalue weighted by Gasteiger charge is 2.49. The summed E-state index contributed by atoms with van der Waals surface area (Å²) in [6.45, 7) is -0.0969. The van der Waals surface area contributed by atoms with E-state index >= 15 is 0 Å². The van der Waals surface area contributed by atoms with Gasteiger partial charge in [0.2, 0.25) is 0 Å². The lowest BCUT2D eigenvalue weighted by atomic mass is 9.61. The minimum atomic E-state index is -0.0969. The third kappa shape index (κ3) is 2.15. The Kier molecular flexibility index (Phi) is 3.16. The van der Waals surface area contributed by atoms with E-state index in [2.05, 4.69) is 70.3 Å². The number of furan rings is 2. The van der Waals surface area contributed by atoms with Gasteiger partial charge in [-0.2, -0.15) is 0 Å². The molecule has 0 amide bonds. The highest BCUT2D eigenvalue weighted by molar-refractivity contribution is 6.86. The number of rotatable bonds is 1. The Morgan fingerprint density at radius 1 is 0.727 bits per heavy atom. The monoisotopic (exact) mass is 425 g/mol. The van der Waals surface area contributed by atoms with Gasteiger partial charge in [0.15, 0.2) is 5.88 Å². The minimum absolute atomic E-state index is 0.0969. The molecule has 0 aliphatic carbocycles. The van der Waals surface area contributed by atoms with E-state index in [9.17, 15) is 0 Å². The number of hydrogen-bond acceptors (Lipinski definition) is 5. The van der Waals surface area contributed by atoms with Gasteiger partial charge in [-0.15, -0.1) is 0 Å². The van der Waals surface area contributed by atoms with Gasteiger partial charge < -0.3 is 18.5 Å². The summed E-state index contributed by atoms with van der Waals surface area (Å²) in [6, 6.07) is 29.3. The zero-order valence-corrected chi connectivity index (χ0v) is 17.5. The first kappa shape index (κ1) is 17.2. The fourth-order valence-electron chi connectivity index (χ4n) is 5.41. The highest BCUT2D eigenvalue weighted by Crippen LogP contribution is 2.51. The number of para-hydroxylation sites is 3. The van der Waals surface area contributed by atoms with Gasteiger partial charge in [0, 0.05) is 22.7 Å². The molecule has 0 atom stereocenters. The fraction of sp³-hybridized carbons (Fsp3) is 0. The largest absolute Gasteiger partial charge is 0.456 e. The summed E-state index contributed by atoms with van der Waals surface area (Å²) >= 11 is 0. The SMILES string of the molecule is c1cnc2c(c1)B1N(c3ccc4oc5ccccc5c4c3)c3ccccc3N1c1occc1-2. The molecular weight excluding hydrogens is 409 g/mol. The van der Waals surface area contributed by atoms with Crippen molar-refractivity contribution in [3.63, 3.8) is 0 Å². The minimum Gasteiger partial charge on any atom is -0.456 e. The topological polar surface area (TPSA) is 45.7 Å². The summed E-state index contributed by atoms with van der Waals surface area (Å²) in [7, 11) is 0. The summed E-state index contributed by atoms with van der Waals surface area (Å²) in [4.78, 5) is 9.40. The number of hydrogen-bond donors (Lipinski definition) is 0. The standard InChI is InChI=1S/C27H16BN3O2/c1-4-10-24-18(6-1)20-16-17(11-12-25(20)33-24)30-22-8-2-3-9-23(22)31-27-19(13-15-32-27)26-21(28(30)31)7-5-14-29-26/h1-16H. The molecule has 154 valence electrons. The third-order valence-corrected chi connectivity index (χ3v) is 6.76. The molecule has 3 aromatic heterocycles. The lowest BCUT2D eigenvalue weighted by Crippen LogP contribution is -2.55. The van der Waals surface area contributed by atoms with Gasteiger partial charge >= 0.3 is 6.98 Å². The molecular formula is C27H16BN3O2. The maximum Gasteiger partial charge on any atom is 0.425 e. The summed E-state index contributed by atoms with van der Waals surface area (Å²) in [5, 5.41) is 2.23. The van der Waals surface area contributed by atoms with Gasteiger partial charge in [-0.25, -0.2) is 0 Å². The molecule has 0 unspecified atom stereocenters. The van der Waals surface area contributed by atoms with Crippen molar-refractivity contribution in [2.24, 2.45) is 0 Å². The number of aromatic nitrogens is 1. The Hall–Kier alpha value is -4.45. The second kappa shape index (κ2) is 6.08. The van der Waals surface area contributed by atoms with E-state index in [1.165, 1.54) is 0 Å². The molecule has 5 nitrogen and oxygen atoms in total. The van der Waals surface area contributed by atoms with E-state index in [4.69, 9.17) is 13.8 Å². The van der Waals surface area contributed by atoms with Gasteiger partial charge in [-0.05, 0) is 54.0 Å². The van der Waals surface area contributed by atoms with Gasteiger partial charge in [0.25, 0.3) is 0 Å². The third-order valence-electron chi connectivity index (χ3n) is 6.76. The average Bonchev–Trinajstić information content (AvgIpc) is 3.57. The van der Waals surface area contributed by atoms with E-state index in [0.717, 1.165) is 61.6 Å². The quantitative estimate of drug-likeness (QED) is 0.292. The van der Waals surface area contributed by atoms with Crippen molar-refractivity contribution in [3.8, 4) is 11.3 Å². The highest BCUT2D eigenvalue weighted by atomic mass is 16.3. The first-order valence-electron chi connectivity index (χ1n) is 11.0. The van der Waals surface area contributed by atoms with E-state index in [0.29, 0.717) is 0 Å². The molecule has 6 aromatic rings. The van der Waals surface area contributed by atoms with Crippen LogP contribution < -0.4 is 15.1 Å². The summed E-state index contributed by atoms with van der Waals surface area (Å²) in [5.41, 5.74) is 8.28. The number of benzene rings is 3. The molecule has 2 aliphatic heterocycles. The first-order chi connectivity index (χ1) is 16.4. The fourth-order valence-corrected chi connectivity index (χ4v) is 5.41. The normalized spacial score (nSPS) is 13.9. The van der Waals surface area contributed by atoms with Gasteiger partial charge in [-0.3, -0.25) is 4.98 Å². The van der Waals surface area contributed by atoms with E-state index < -0.39 is 0 Å². The van der Waals surface area contributed by atoms with E-state index in [1.807, 2.05) is 30.5 Å². The molecule has 5 heterocycles. The Balaban J connectivity index is 1.42. The summed E-state index contributed by atoms with van der Waals surface area (Å²) < 4.78 is 12.1. The van der Waals surface area contributed by atoms with Crippen LogP contribution in [0.5, 0.6) is 0 Å².